The van der Waals surface area contributed by atoms with Gasteiger partial charge in [0.2, 0.25) is 5.91 Å². The quantitative estimate of drug-likeness (QED) is 0.886. The summed E-state index contributed by atoms with van der Waals surface area (Å²) >= 11 is 0. The Hall–Kier alpha value is -2.88. The Morgan fingerprint density at radius 2 is 1.91 bits per heavy atom. The van der Waals surface area contributed by atoms with Crippen molar-refractivity contribution in [2.24, 2.45) is 0 Å². The monoisotopic (exact) mass is 306 g/mol. The molecule has 0 radical (unpaired) electrons. The van der Waals surface area contributed by atoms with Crippen molar-refractivity contribution in [3.8, 4) is 0 Å². The highest BCUT2D eigenvalue weighted by molar-refractivity contribution is 6.12. The van der Waals surface area contributed by atoms with Gasteiger partial charge in [-0.05, 0) is 24.6 Å². The molecular weight excluding hydrogens is 288 g/mol. The second-order valence-corrected chi connectivity index (χ2v) is 5.69. The van der Waals surface area contributed by atoms with Crippen molar-refractivity contribution < 1.29 is 9.59 Å². The van der Waals surface area contributed by atoms with Gasteiger partial charge in [0.15, 0.2) is 5.54 Å². The fourth-order valence-electron chi connectivity index (χ4n) is 3.11. The van der Waals surface area contributed by atoms with E-state index in [1.54, 1.807) is 11.9 Å². The van der Waals surface area contributed by atoms with Crippen LogP contribution in [0.25, 0.3) is 0 Å². The Balaban J connectivity index is 2.32. The standard InChI is InChI=1S/C19H18N2O2/c1-4-17(22)20-19(14-8-6-5-7-9-14)15-12-13(2)10-11-16(15)21(3)18(19)23/h4-12H,1H2,2-3H3,(H,20,22). The van der Waals surface area contributed by atoms with Gasteiger partial charge in [-0.25, -0.2) is 0 Å². The van der Waals surface area contributed by atoms with E-state index in [1.807, 2.05) is 55.5 Å². The zero-order chi connectivity index (χ0) is 16.6. The maximum Gasteiger partial charge on any atom is 0.261 e. The number of carbonyl (C=O) groups excluding carboxylic acids is 2. The summed E-state index contributed by atoms with van der Waals surface area (Å²) in [7, 11) is 1.72. The highest BCUT2D eigenvalue weighted by atomic mass is 16.2. The highest BCUT2D eigenvalue weighted by Crippen LogP contribution is 2.44. The molecule has 1 unspecified atom stereocenters. The van der Waals surface area contributed by atoms with Crippen LogP contribution in [0.3, 0.4) is 0 Å². The van der Waals surface area contributed by atoms with Crippen LogP contribution in [0.1, 0.15) is 16.7 Å². The molecule has 0 bridgehead atoms. The Bertz CT molecular complexity index is 798. The van der Waals surface area contributed by atoms with E-state index in [2.05, 4.69) is 11.9 Å². The molecule has 4 nitrogen and oxygen atoms in total. The molecule has 0 saturated carbocycles. The summed E-state index contributed by atoms with van der Waals surface area (Å²) in [4.78, 5) is 26.8. The normalized spacial score (nSPS) is 19.4. The van der Waals surface area contributed by atoms with Gasteiger partial charge in [-0.15, -0.1) is 0 Å². The summed E-state index contributed by atoms with van der Waals surface area (Å²) in [5.74, 6) is -0.565. The molecule has 1 aliphatic heterocycles. The zero-order valence-electron chi connectivity index (χ0n) is 13.2. The molecule has 1 N–H and O–H groups in total. The third kappa shape index (κ3) is 2.14. The first-order chi connectivity index (χ1) is 11.0. The third-order valence-corrected chi connectivity index (χ3v) is 4.25. The topological polar surface area (TPSA) is 49.4 Å². The van der Waals surface area contributed by atoms with Gasteiger partial charge in [-0.1, -0.05) is 54.6 Å². The van der Waals surface area contributed by atoms with Crippen molar-refractivity contribution in [3.63, 3.8) is 0 Å². The van der Waals surface area contributed by atoms with Crippen molar-refractivity contribution in [1.82, 2.24) is 5.32 Å². The van der Waals surface area contributed by atoms with Crippen LogP contribution in [0.2, 0.25) is 0 Å². The molecule has 1 aliphatic rings. The van der Waals surface area contributed by atoms with E-state index in [0.717, 1.165) is 22.4 Å². The van der Waals surface area contributed by atoms with Gasteiger partial charge >= 0.3 is 0 Å². The van der Waals surface area contributed by atoms with Gasteiger partial charge in [0.05, 0.1) is 0 Å². The van der Waals surface area contributed by atoms with Crippen LogP contribution < -0.4 is 10.2 Å². The van der Waals surface area contributed by atoms with Gasteiger partial charge in [0.1, 0.15) is 0 Å². The van der Waals surface area contributed by atoms with Crippen molar-refractivity contribution in [2.45, 2.75) is 12.5 Å². The van der Waals surface area contributed by atoms with Gasteiger partial charge < -0.3 is 10.2 Å². The largest absolute Gasteiger partial charge is 0.331 e. The van der Waals surface area contributed by atoms with E-state index in [-0.39, 0.29) is 11.8 Å². The van der Waals surface area contributed by atoms with E-state index < -0.39 is 5.54 Å². The lowest BCUT2D eigenvalue weighted by Crippen LogP contribution is -2.52. The van der Waals surface area contributed by atoms with Crippen LogP contribution in [0, 0.1) is 6.92 Å². The lowest BCUT2D eigenvalue weighted by Gasteiger charge is -2.29. The summed E-state index contributed by atoms with van der Waals surface area (Å²) in [6.07, 6.45) is 1.19. The van der Waals surface area contributed by atoms with Gasteiger partial charge in [-0.3, -0.25) is 9.59 Å². The number of nitrogens with zero attached hydrogens (tertiary/aromatic N) is 1. The molecule has 2 aromatic rings. The molecule has 0 saturated heterocycles. The molecule has 3 rings (SSSR count). The fourth-order valence-corrected chi connectivity index (χ4v) is 3.11. The van der Waals surface area contributed by atoms with Crippen LogP contribution >= 0.6 is 0 Å². The Labute approximate surface area is 135 Å². The molecular formula is C19H18N2O2. The number of anilines is 1. The molecule has 0 fully saturated rings. The van der Waals surface area contributed by atoms with Crippen LogP contribution in [0.5, 0.6) is 0 Å². The highest BCUT2D eigenvalue weighted by Gasteiger charge is 2.52. The summed E-state index contributed by atoms with van der Waals surface area (Å²) in [5.41, 5.74) is 2.12. The second kappa shape index (κ2) is 5.39. The third-order valence-electron chi connectivity index (χ3n) is 4.25. The molecule has 0 aliphatic carbocycles. The molecule has 2 amide bonds. The smallest absolute Gasteiger partial charge is 0.261 e. The number of hydrogen-bond acceptors (Lipinski definition) is 2. The van der Waals surface area contributed by atoms with Gasteiger partial charge in [-0.2, -0.15) is 0 Å². The van der Waals surface area contributed by atoms with Crippen LogP contribution in [0.4, 0.5) is 5.69 Å². The minimum atomic E-state index is -1.22. The predicted octanol–water partition coefficient (Wildman–Crippen LogP) is 2.52. The maximum absolute atomic E-state index is 13.1. The fraction of sp³-hybridized carbons (Fsp3) is 0.158. The molecule has 0 spiro atoms. The lowest BCUT2D eigenvalue weighted by atomic mass is 9.83. The summed E-state index contributed by atoms with van der Waals surface area (Å²) in [6, 6.07) is 15.1. The van der Waals surface area contributed by atoms with Crippen molar-refractivity contribution >= 4 is 17.5 Å². The molecule has 4 heteroatoms. The predicted molar refractivity (Wildman–Crippen MR) is 90.2 cm³/mol. The number of nitrogens with one attached hydrogen (secondary N) is 1. The summed E-state index contributed by atoms with van der Waals surface area (Å²) in [5, 5.41) is 2.87. The number of fused-ring (bicyclic) bond motifs is 1. The second-order valence-electron chi connectivity index (χ2n) is 5.69. The van der Waals surface area contributed by atoms with E-state index in [0.29, 0.717) is 0 Å². The molecule has 0 aromatic heterocycles. The number of aryl methyl sites for hydroxylation is 1. The first-order valence-corrected chi connectivity index (χ1v) is 7.40. The van der Waals surface area contributed by atoms with Crippen LogP contribution in [-0.4, -0.2) is 18.9 Å². The summed E-state index contributed by atoms with van der Waals surface area (Å²) in [6.45, 7) is 5.47. The number of benzene rings is 2. The van der Waals surface area contributed by atoms with E-state index in [1.165, 1.54) is 6.08 Å². The average molecular weight is 306 g/mol. The van der Waals surface area contributed by atoms with Gasteiger partial charge in [0, 0.05) is 18.3 Å². The molecule has 2 aromatic carbocycles. The van der Waals surface area contributed by atoms with Crippen LogP contribution in [0.15, 0.2) is 61.2 Å². The lowest BCUT2D eigenvalue weighted by molar-refractivity contribution is -0.127. The first kappa shape index (κ1) is 15.0. The molecule has 116 valence electrons. The number of carbonyl (C=O) groups is 2. The van der Waals surface area contributed by atoms with Crippen molar-refractivity contribution in [2.75, 3.05) is 11.9 Å². The maximum atomic E-state index is 13.1. The van der Waals surface area contributed by atoms with Gasteiger partial charge in [0.25, 0.3) is 5.91 Å². The first-order valence-electron chi connectivity index (χ1n) is 7.40. The number of hydrogen-bond donors (Lipinski definition) is 1. The molecule has 23 heavy (non-hydrogen) atoms. The Kier molecular flexibility index (Phi) is 3.52. The Morgan fingerprint density at radius 1 is 1.22 bits per heavy atom. The average Bonchev–Trinajstić information content (AvgIpc) is 2.78. The van der Waals surface area contributed by atoms with E-state index in [9.17, 15) is 9.59 Å². The Morgan fingerprint density at radius 3 is 2.57 bits per heavy atom. The molecule has 1 atom stereocenters. The van der Waals surface area contributed by atoms with Crippen LogP contribution in [-0.2, 0) is 15.1 Å². The number of likely N-dealkylation sites (N-methyl/N-ethyl adjacent to an activating group) is 1. The number of amides is 2. The van der Waals surface area contributed by atoms with E-state index >= 15 is 0 Å². The minimum absolute atomic E-state index is 0.181. The number of rotatable bonds is 3. The zero-order valence-corrected chi connectivity index (χ0v) is 13.2. The van der Waals surface area contributed by atoms with Crippen molar-refractivity contribution in [3.05, 3.63) is 77.9 Å². The minimum Gasteiger partial charge on any atom is -0.331 e. The van der Waals surface area contributed by atoms with E-state index in [4.69, 9.17) is 0 Å². The SMILES string of the molecule is C=CC(=O)NC1(c2ccccc2)C(=O)N(C)c2ccc(C)cc21. The van der Waals surface area contributed by atoms with Crippen molar-refractivity contribution in [1.29, 1.82) is 0 Å². The summed E-state index contributed by atoms with van der Waals surface area (Å²) < 4.78 is 0. The molecule has 1 heterocycles.